The highest BCUT2D eigenvalue weighted by molar-refractivity contribution is 5.93. The molecular formula is C27H27N7. The van der Waals surface area contributed by atoms with E-state index in [1.807, 2.05) is 24.5 Å². The van der Waals surface area contributed by atoms with E-state index in [-0.39, 0.29) is 0 Å². The van der Waals surface area contributed by atoms with Crippen LogP contribution >= 0.6 is 0 Å². The zero-order valence-electron chi connectivity index (χ0n) is 19.5. The molecular weight excluding hydrogens is 422 g/mol. The lowest BCUT2D eigenvalue weighted by Crippen LogP contribution is -2.31. The van der Waals surface area contributed by atoms with Crippen LogP contribution in [0, 0.1) is 0 Å². The Hall–Kier alpha value is -4.00. The minimum Gasteiger partial charge on any atom is -0.361 e. The number of hydrogen-bond donors (Lipinski definition) is 1. The number of pyridine rings is 1. The summed E-state index contributed by atoms with van der Waals surface area (Å²) in [5.41, 5.74) is 9.21. The average Bonchev–Trinajstić information content (AvgIpc) is 3.53. The minimum absolute atomic E-state index is 0.701. The van der Waals surface area contributed by atoms with E-state index in [9.17, 15) is 0 Å². The summed E-state index contributed by atoms with van der Waals surface area (Å²) in [7, 11) is 0. The lowest BCUT2D eigenvalue weighted by Gasteiger charge is -2.26. The molecule has 1 aromatic carbocycles. The summed E-state index contributed by atoms with van der Waals surface area (Å²) in [4.78, 5) is 19.5. The molecule has 1 N–H and O–H groups in total. The normalized spacial score (nSPS) is 13.4. The molecule has 0 saturated carbocycles. The number of aromatic amines is 1. The molecule has 0 radical (unpaired) electrons. The SMILES string of the molecule is CCc1cccc(CC)c1-n1nc2c(c1-c1nccc3[nH]ccc13)CN(c1ncccn1)CC2. The van der Waals surface area contributed by atoms with Crippen LogP contribution in [-0.4, -0.2) is 36.3 Å². The van der Waals surface area contributed by atoms with E-state index in [4.69, 9.17) is 10.1 Å². The lowest BCUT2D eigenvalue weighted by molar-refractivity contribution is 0.694. The Kier molecular flexibility index (Phi) is 5.09. The molecule has 0 fully saturated rings. The number of nitrogens with zero attached hydrogens (tertiary/aromatic N) is 6. The Bertz CT molecular complexity index is 1440. The molecule has 6 rings (SSSR count). The Morgan fingerprint density at radius 2 is 1.71 bits per heavy atom. The number of para-hydroxylation sites is 1. The van der Waals surface area contributed by atoms with Crippen LogP contribution in [0.1, 0.15) is 36.2 Å². The molecule has 170 valence electrons. The maximum Gasteiger partial charge on any atom is 0.225 e. The van der Waals surface area contributed by atoms with Crippen molar-refractivity contribution in [2.24, 2.45) is 0 Å². The third-order valence-electron chi connectivity index (χ3n) is 6.75. The van der Waals surface area contributed by atoms with E-state index in [1.165, 1.54) is 22.4 Å². The van der Waals surface area contributed by atoms with Crippen LogP contribution in [0.5, 0.6) is 0 Å². The zero-order valence-corrected chi connectivity index (χ0v) is 19.5. The van der Waals surface area contributed by atoms with E-state index < -0.39 is 0 Å². The van der Waals surface area contributed by atoms with E-state index in [0.29, 0.717) is 6.54 Å². The number of aryl methyl sites for hydroxylation is 2. The molecule has 7 nitrogen and oxygen atoms in total. The maximum atomic E-state index is 5.23. The Labute approximate surface area is 198 Å². The average molecular weight is 450 g/mol. The quantitative estimate of drug-likeness (QED) is 0.413. The number of hydrogen-bond acceptors (Lipinski definition) is 5. The second-order valence-electron chi connectivity index (χ2n) is 8.64. The van der Waals surface area contributed by atoms with Gasteiger partial charge in [-0.2, -0.15) is 5.10 Å². The third-order valence-corrected chi connectivity index (χ3v) is 6.75. The smallest absolute Gasteiger partial charge is 0.225 e. The summed E-state index contributed by atoms with van der Waals surface area (Å²) >= 11 is 0. The molecule has 1 aliphatic rings. The van der Waals surface area contributed by atoms with E-state index >= 15 is 0 Å². The van der Waals surface area contributed by atoms with Crippen molar-refractivity contribution in [1.29, 1.82) is 0 Å². The number of H-pyrrole nitrogens is 1. The Morgan fingerprint density at radius 1 is 0.912 bits per heavy atom. The fourth-order valence-corrected chi connectivity index (χ4v) is 5.06. The lowest BCUT2D eigenvalue weighted by atomic mass is 10.00. The molecule has 4 aromatic heterocycles. The van der Waals surface area contributed by atoms with Crippen molar-refractivity contribution in [3.05, 3.63) is 83.6 Å². The highest BCUT2D eigenvalue weighted by atomic mass is 15.3. The van der Waals surface area contributed by atoms with E-state index in [2.05, 4.69) is 62.6 Å². The summed E-state index contributed by atoms with van der Waals surface area (Å²) in [6.07, 6.45) is 10.2. The van der Waals surface area contributed by atoms with Gasteiger partial charge in [-0.05, 0) is 42.2 Å². The number of aromatic nitrogens is 6. The van der Waals surface area contributed by atoms with Gasteiger partial charge in [-0.1, -0.05) is 32.0 Å². The highest BCUT2D eigenvalue weighted by Gasteiger charge is 2.30. The van der Waals surface area contributed by atoms with Crippen LogP contribution in [-0.2, 0) is 25.8 Å². The van der Waals surface area contributed by atoms with Crippen molar-refractivity contribution in [1.82, 2.24) is 29.7 Å². The highest BCUT2D eigenvalue weighted by Crippen LogP contribution is 2.37. The van der Waals surface area contributed by atoms with Crippen LogP contribution in [0.15, 0.2) is 61.2 Å². The van der Waals surface area contributed by atoms with Crippen molar-refractivity contribution >= 4 is 16.9 Å². The first kappa shape index (κ1) is 20.6. The molecule has 7 heteroatoms. The monoisotopic (exact) mass is 449 g/mol. The molecule has 0 amide bonds. The van der Waals surface area contributed by atoms with Crippen LogP contribution in [0.2, 0.25) is 0 Å². The molecule has 0 bridgehead atoms. The predicted octanol–water partition coefficient (Wildman–Crippen LogP) is 4.89. The van der Waals surface area contributed by atoms with Crippen molar-refractivity contribution in [3.63, 3.8) is 0 Å². The van der Waals surface area contributed by atoms with E-state index in [1.54, 1.807) is 12.4 Å². The molecule has 34 heavy (non-hydrogen) atoms. The van der Waals surface area contributed by atoms with Crippen molar-refractivity contribution in [2.45, 2.75) is 39.7 Å². The van der Waals surface area contributed by atoms with Crippen molar-refractivity contribution in [2.75, 3.05) is 11.4 Å². The van der Waals surface area contributed by atoms with Crippen LogP contribution in [0.4, 0.5) is 5.95 Å². The van der Waals surface area contributed by atoms with Gasteiger partial charge in [-0.15, -0.1) is 0 Å². The molecule has 0 unspecified atom stereocenters. The molecule has 0 spiro atoms. The molecule has 1 aliphatic heterocycles. The van der Waals surface area contributed by atoms with Gasteiger partial charge in [0.15, 0.2) is 0 Å². The van der Waals surface area contributed by atoms with Gasteiger partial charge in [-0.3, -0.25) is 4.98 Å². The molecule has 0 aliphatic carbocycles. The minimum atomic E-state index is 0.701. The fourth-order valence-electron chi connectivity index (χ4n) is 5.06. The molecule has 0 atom stereocenters. The van der Waals surface area contributed by atoms with E-state index in [0.717, 1.165) is 59.7 Å². The standard InChI is InChI=1S/C27H27N7/c1-3-18-7-5-8-19(4-2)25(18)34-26(24-20-9-14-28-22(20)10-15-29-24)21-17-33(16-11-23(21)32-34)27-30-12-6-13-31-27/h5-10,12-15,28H,3-4,11,16-17H2,1-2H3. The largest absolute Gasteiger partial charge is 0.361 e. The summed E-state index contributed by atoms with van der Waals surface area (Å²) in [6, 6.07) is 12.6. The summed E-state index contributed by atoms with van der Waals surface area (Å²) in [6.45, 7) is 5.96. The number of rotatable bonds is 5. The first-order valence-electron chi connectivity index (χ1n) is 11.9. The van der Waals surface area contributed by atoms with Gasteiger partial charge in [0.2, 0.25) is 5.95 Å². The second-order valence-corrected chi connectivity index (χ2v) is 8.64. The van der Waals surface area contributed by atoms with Gasteiger partial charge in [-0.25, -0.2) is 14.6 Å². The van der Waals surface area contributed by atoms with Gasteiger partial charge >= 0.3 is 0 Å². The Morgan fingerprint density at radius 3 is 2.47 bits per heavy atom. The van der Waals surface area contributed by atoms with Gasteiger partial charge in [0.25, 0.3) is 0 Å². The van der Waals surface area contributed by atoms with Crippen LogP contribution in [0.25, 0.3) is 28.0 Å². The maximum absolute atomic E-state index is 5.23. The fraction of sp³-hybridized carbons (Fsp3) is 0.259. The van der Waals surface area contributed by atoms with Gasteiger partial charge in [0, 0.05) is 60.8 Å². The first-order chi connectivity index (χ1) is 16.8. The summed E-state index contributed by atoms with van der Waals surface area (Å²) < 4.78 is 2.17. The summed E-state index contributed by atoms with van der Waals surface area (Å²) in [5.74, 6) is 0.753. The number of nitrogens with one attached hydrogen (secondary N) is 1. The second kappa shape index (κ2) is 8.41. The first-order valence-corrected chi connectivity index (χ1v) is 11.9. The van der Waals surface area contributed by atoms with Crippen LogP contribution in [0.3, 0.4) is 0 Å². The van der Waals surface area contributed by atoms with Gasteiger partial charge < -0.3 is 9.88 Å². The Balaban J connectivity index is 1.62. The van der Waals surface area contributed by atoms with Crippen molar-refractivity contribution in [3.8, 4) is 17.1 Å². The van der Waals surface area contributed by atoms with Crippen LogP contribution < -0.4 is 4.90 Å². The molecule has 5 aromatic rings. The number of anilines is 1. The van der Waals surface area contributed by atoms with Gasteiger partial charge in [0.05, 0.1) is 22.8 Å². The number of fused-ring (bicyclic) bond motifs is 2. The zero-order chi connectivity index (χ0) is 23.1. The van der Waals surface area contributed by atoms with Crippen molar-refractivity contribution < 1.29 is 0 Å². The molecule has 5 heterocycles. The summed E-state index contributed by atoms with van der Waals surface area (Å²) in [5, 5.41) is 6.34. The van der Waals surface area contributed by atoms with Gasteiger partial charge in [0.1, 0.15) is 0 Å². The predicted molar refractivity (Wildman–Crippen MR) is 134 cm³/mol. The topological polar surface area (TPSA) is 75.5 Å². The number of benzene rings is 1. The molecule has 0 saturated heterocycles. The third kappa shape index (κ3) is 3.27.